The molecule has 2 unspecified atom stereocenters. The van der Waals surface area contributed by atoms with Crippen molar-refractivity contribution in [3.05, 3.63) is 0 Å². The van der Waals surface area contributed by atoms with Gasteiger partial charge in [0.25, 0.3) is 0 Å². The van der Waals surface area contributed by atoms with E-state index in [0.29, 0.717) is 6.42 Å². The fourth-order valence-electron chi connectivity index (χ4n) is 3.06. The molecule has 1 fully saturated rings. The van der Waals surface area contributed by atoms with Gasteiger partial charge in [-0.2, -0.15) is 0 Å². The first-order valence-electron chi connectivity index (χ1n) is 7.63. The molecule has 1 amide bonds. The van der Waals surface area contributed by atoms with Gasteiger partial charge in [-0.3, -0.25) is 4.90 Å². The predicted octanol–water partition coefficient (Wildman–Crippen LogP) is 3.92. The number of Topliss-reactive ketones (excluding diaryl/α,β-unsaturated/α-hetero) is 1. The number of ketones is 1. The molecule has 116 valence electrons. The topological polar surface area (TPSA) is 46.6 Å². The van der Waals surface area contributed by atoms with Crippen LogP contribution in [0.25, 0.3) is 0 Å². The van der Waals surface area contributed by atoms with Crippen molar-refractivity contribution in [1.29, 1.82) is 0 Å². The second-order valence-electron chi connectivity index (χ2n) is 7.02. The number of carbonyl (C=O) groups excluding carboxylic acids is 2. The summed E-state index contributed by atoms with van der Waals surface area (Å²) in [5.74, 6) is 0.182. The lowest BCUT2D eigenvalue weighted by molar-refractivity contribution is -0.117. The van der Waals surface area contributed by atoms with Gasteiger partial charge in [-0.25, -0.2) is 4.79 Å². The molecule has 0 radical (unpaired) electrons. The van der Waals surface area contributed by atoms with Crippen LogP contribution in [0.4, 0.5) is 4.79 Å². The van der Waals surface area contributed by atoms with Gasteiger partial charge < -0.3 is 9.53 Å². The van der Waals surface area contributed by atoms with E-state index in [1.807, 2.05) is 25.7 Å². The number of rotatable bonds is 4. The van der Waals surface area contributed by atoms with E-state index in [0.717, 1.165) is 25.7 Å². The molecule has 0 saturated carbocycles. The van der Waals surface area contributed by atoms with E-state index >= 15 is 0 Å². The molecule has 0 spiro atoms. The molecule has 4 heteroatoms. The van der Waals surface area contributed by atoms with Crippen molar-refractivity contribution in [2.45, 2.75) is 90.8 Å². The summed E-state index contributed by atoms with van der Waals surface area (Å²) in [4.78, 5) is 25.7. The number of hydrogen-bond donors (Lipinski definition) is 0. The Kier molecular flexibility index (Phi) is 5.22. The smallest absolute Gasteiger partial charge is 0.410 e. The number of hydrogen-bond acceptors (Lipinski definition) is 3. The summed E-state index contributed by atoms with van der Waals surface area (Å²) in [6, 6.07) is 0.178. The van der Waals surface area contributed by atoms with E-state index in [2.05, 4.69) is 13.8 Å². The van der Waals surface area contributed by atoms with E-state index in [1.165, 1.54) is 0 Å². The van der Waals surface area contributed by atoms with Crippen molar-refractivity contribution >= 4 is 11.9 Å². The zero-order valence-corrected chi connectivity index (χ0v) is 13.8. The molecule has 0 aromatic carbocycles. The Morgan fingerprint density at radius 3 is 2.40 bits per heavy atom. The second kappa shape index (κ2) is 6.15. The van der Waals surface area contributed by atoms with Crippen LogP contribution in [0.1, 0.15) is 73.6 Å². The average Bonchev–Trinajstić information content (AvgIpc) is 2.62. The third-order valence-corrected chi connectivity index (χ3v) is 4.17. The highest BCUT2D eigenvalue weighted by atomic mass is 16.6. The van der Waals surface area contributed by atoms with Crippen molar-refractivity contribution in [2.75, 3.05) is 0 Å². The van der Waals surface area contributed by atoms with E-state index in [9.17, 15) is 9.59 Å². The molecule has 1 rings (SSSR count). The van der Waals surface area contributed by atoms with Crippen LogP contribution in [0, 0.1) is 0 Å². The zero-order valence-electron chi connectivity index (χ0n) is 13.8. The van der Waals surface area contributed by atoms with Gasteiger partial charge >= 0.3 is 6.09 Å². The summed E-state index contributed by atoms with van der Waals surface area (Å²) >= 11 is 0. The number of amides is 1. The fourth-order valence-corrected chi connectivity index (χ4v) is 3.06. The van der Waals surface area contributed by atoms with Gasteiger partial charge in [0.05, 0.1) is 0 Å². The Morgan fingerprint density at radius 1 is 1.35 bits per heavy atom. The minimum absolute atomic E-state index is 0.178. The van der Waals surface area contributed by atoms with Crippen LogP contribution in [0.5, 0.6) is 0 Å². The molecule has 4 nitrogen and oxygen atoms in total. The number of ether oxygens (including phenoxy) is 1. The molecule has 0 aromatic heterocycles. The highest BCUT2D eigenvalue weighted by Gasteiger charge is 2.47. The summed E-state index contributed by atoms with van der Waals surface area (Å²) in [5.41, 5.74) is -0.702. The van der Waals surface area contributed by atoms with Crippen molar-refractivity contribution in [1.82, 2.24) is 4.90 Å². The van der Waals surface area contributed by atoms with E-state index in [4.69, 9.17) is 4.74 Å². The summed E-state index contributed by atoms with van der Waals surface area (Å²) in [7, 11) is 0. The van der Waals surface area contributed by atoms with Gasteiger partial charge in [0.2, 0.25) is 0 Å². The van der Waals surface area contributed by atoms with Crippen molar-refractivity contribution < 1.29 is 14.3 Å². The molecular formula is C16H29NO3. The summed E-state index contributed by atoms with van der Waals surface area (Å²) in [5, 5.41) is 0. The molecule has 0 N–H and O–H groups in total. The number of likely N-dealkylation sites (tertiary alicyclic amines) is 1. The van der Waals surface area contributed by atoms with E-state index in [1.54, 1.807) is 6.92 Å². The van der Waals surface area contributed by atoms with Gasteiger partial charge in [0.1, 0.15) is 11.4 Å². The Balaban J connectivity index is 2.92. The largest absolute Gasteiger partial charge is 0.444 e. The Morgan fingerprint density at radius 2 is 1.95 bits per heavy atom. The maximum atomic E-state index is 12.5. The van der Waals surface area contributed by atoms with Crippen molar-refractivity contribution in [3.8, 4) is 0 Å². The lowest BCUT2D eigenvalue weighted by atomic mass is 9.87. The minimum Gasteiger partial charge on any atom is -0.444 e. The minimum atomic E-state index is -0.487. The third-order valence-electron chi connectivity index (χ3n) is 4.17. The Bertz CT molecular complexity index is 372. The van der Waals surface area contributed by atoms with Crippen molar-refractivity contribution in [2.24, 2.45) is 0 Å². The molecule has 20 heavy (non-hydrogen) atoms. The SMILES string of the molecule is CCC1(CCC(C)=O)CCC(C)N1C(=O)OC(C)(C)C. The monoisotopic (exact) mass is 283 g/mol. The molecule has 0 aliphatic carbocycles. The first-order valence-corrected chi connectivity index (χ1v) is 7.63. The zero-order chi connectivity index (χ0) is 15.6. The van der Waals surface area contributed by atoms with Gasteiger partial charge in [-0.1, -0.05) is 6.92 Å². The molecule has 2 atom stereocenters. The number of nitrogens with zero attached hydrogens (tertiary/aromatic N) is 1. The fraction of sp³-hybridized carbons (Fsp3) is 0.875. The van der Waals surface area contributed by atoms with Crippen LogP contribution in [0.3, 0.4) is 0 Å². The molecule has 1 saturated heterocycles. The first kappa shape index (κ1) is 17.0. The summed E-state index contributed by atoms with van der Waals surface area (Å²) in [6.07, 6.45) is 3.82. The molecule has 0 aromatic rings. The second-order valence-corrected chi connectivity index (χ2v) is 7.02. The van der Waals surface area contributed by atoms with Crippen LogP contribution < -0.4 is 0 Å². The van der Waals surface area contributed by atoms with E-state index in [-0.39, 0.29) is 23.5 Å². The maximum absolute atomic E-state index is 12.5. The van der Waals surface area contributed by atoms with Crippen LogP contribution in [0.2, 0.25) is 0 Å². The first-order chi connectivity index (χ1) is 9.11. The van der Waals surface area contributed by atoms with Gasteiger partial charge in [0.15, 0.2) is 0 Å². The molecule has 1 aliphatic rings. The Labute approximate surface area is 122 Å². The highest BCUT2D eigenvalue weighted by molar-refractivity contribution is 5.76. The van der Waals surface area contributed by atoms with Crippen LogP contribution in [-0.4, -0.2) is 34.0 Å². The highest BCUT2D eigenvalue weighted by Crippen LogP contribution is 2.41. The van der Waals surface area contributed by atoms with Crippen LogP contribution >= 0.6 is 0 Å². The Hall–Kier alpha value is -1.06. The summed E-state index contributed by atoms with van der Waals surface area (Å²) in [6.45, 7) is 11.4. The lowest BCUT2D eigenvalue weighted by Gasteiger charge is -2.40. The van der Waals surface area contributed by atoms with Crippen molar-refractivity contribution in [3.63, 3.8) is 0 Å². The third kappa shape index (κ3) is 3.97. The number of carbonyl (C=O) groups is 2. The quantitative estimate of drug-likeness (QED) is 0.785. The lowest BCUT2D eigenvalue weighted by Crippen LogP contribution is -2.51. The van der Waals surface area contributed by atoms with Gasteiger partial charge in [-0.05, 0) is 60.3 Å². The predicted molar refractivity (Wildman–Crippen MR) is 79.7 cm³/mol. The normalized spacial score (nSPS) is 26.7. The van der Waals surface area contributed by atoms with Crippen LogP contribution in [0.15, 0.2) is 0 Å². The van der Waals surface area contributed by atoms with Crippen LogP contribution in [-0.2, 0) is 9.53 Å². The average molecular weight is 283 g/mol. The molecule has 1 aliphatic heterocycles. The van der Waals surface area contributed by atoms with Gasteiger partial charge in [-0.15, -0.1) is 0 Å². The van der Waals surface area contributed by atoms with Gasteiger partial charge in [0, 0.05) is 18.0 Å². The molecule has 0 bridgehead atoms. The molecular weight excluding hydrogens is 254 g/mol. The van der Waals surface area contributed by atoms with E-state index < -0.39 is 5.60 Å². The summed E-state index contributed by atoms with van der Waals surface area (Å²) < 4.78 is 5.56. The molecule has 1 heterocycles. The maximum Gasteiger partial charge on any atom is 0.410 e. The standard InChI is InChI=1S/C16H29NO3/c1-7-16(11-9-13(3)18)10-8-12(2)17(16)14(19)20-15(4,5)6/h12H,7-11H2,1-6H3.